The summed E-state index contributed by atoms with van der Waals surface area (Å²) in [4.78, 5) is 23.4. The third kappa shape index (κ3) is 4.14. The van der Waals surface area contributed by atoms with Gasteiger partial charge in [0.15, 0.2) is 0 Å². The molecule has 0 aliphatic carbocycles. The number of carbonyl (C=O) groups excluding carboxylic acids is 1. The first-order valence-corrected chi connectivity index (χ1v) is 7.95. The van der Waals surface area contributed by atoms with Crippen LogP contribution in [0.3, 0.4) is 0 Å². The molecule has 0 fully saturated rings. The molecule has 1 aromatic heterocycles. The van der Waals surface area contributed by atoms with Gasteiger partial charge in [-0.2, -0.15) is 0 Å². The van der Waals surface area contributed by atoms with Crippen molar-refractivity contribution in [2.75, 3.05) is 0 Å². The molecule has 24 heavy (non-hydrogen) atoms. The molecule has 0 spiro atoms. The average Bonchev–Trinajstić information content (AvgIpc) is 2.92. The summed E-state index contributed by atoms with van der Waals surface area (Å²) in [5.41, 5.74) is 1.37. The van der Waals surface area contributed by atoms with E-state index in [0.717, 1.165) is 0 Å². The fraction of sp³-hybridized carbons (Fsp3) is 0.353. The Labute approximate surface area is 144 Å². The second-order valence-electron chi connectivity index (χ2n) is 5.97. The van der Waals surface area contributed by atoms with E-state index in [-0.39, 0.29) is 17.6 Å². The van der Waals surface area contributed by atoms with Gasteiger partial charge in [0, 0.05) is 17.0 Å². The van der Waals surface area contributed by atoms with Crippen LogP contribution in [0, 0.1) is 5.92 Å². The molecular formula is C17H19ClN2O4. The SMILES string of the molecule is CC(C)CC(=O)N[C@H](C)c1c(-c2ccc(Cl)cc2)noc1C(=O)O. The number of aromatic nitrogens is 1. The molecule has 0 radical (unpaired) electrons. The van der Waals surface area contributed by atoms with Gasteiger partial charge in [-0.15, -0.1) is 0 Å². The van der Waals surface area contributed by atoms with Gasteiger partial charge in [0.2, 0.25) is 11.7 Å². The van der Waals surface area contributed by atoms with Crippen molar-refractivity contribution in [3.8, 4) is 11.3 Å². The lowest BCUT2D eigenvalue weighted by Gasteiger charge is -2.15. The predicted molar refractivity (Wildman–Crippen MR) is 89.9 cm³/mol. The second-order valence-corrected chi connectivity index (χ2v) is 6.41. The highest BCUT2D eigenvalue weighted by Crippen LogP contribution is 2.31. The number of hydrogen-bond acceptors (Lipinski definition) is 4. The van der Waals surface area contributed by atoms with Crippen molar-refractivity contribution in [1.29, 1.82) is 0 Å². The molecule has 128 valence electrons. The molecule has 2 rings (SSSR count). The fourth-order valence-corrected chi connectivity index (χ4v) is 2.54. The minimum atomic E-state index is -1.23. The van der Waals surface area contributed by atoms with Gasteiger partial charge in [-0.25, -0.2) is 4.79 Å². The first kappa shape index (κ1) is 18.0. The summed E-state index contributed by atoms with van der Waals surface area (Å²) >= 11 is 5.88. The van der Waals surface area contributed by atoms with Gasteiger partial charge in [-0.3, -0.25) is 4.79 Å². The van der Waals surface area contributed by atoms with Crippen molar-refractivity contribution in [3.63, 3.8) is 0 Å². The Morgan fingerprint density at radius 3 is 2.42 bits per heavy atom. The Bertz CT molecular complexity index is 738. The van der Waals surface area contributed by atoms with Gasteiger partial charge >= 0.3 is 5.97 Å². The summed E-state index contributed by atoms with van der Waals surface area (Å²) in [6.07, 6.45) is 0.355. The minimum Gasteiger partial charge on any atom is -0.475 e. The zero-order chi connectivity index (χ0) is 17.9. The number of amides is 1. The molecule has 0 unspecified atom stereocenters. The number of carboxylic acid groups (broad SMARTS) is 1. The van der Waals surface area contributed by atoms with E-state index >= 15 is 0 Å². The molecule has 1 heterocycles. The maximum absolute atomic E-state index is 12.0. The summed E-state index contributed by atoms with van der Waals surface area (Å²) in [6.45, 7) is 5.58. The van der Waals surface area contributed by atoms with Gasteiger partial charge < -0.3 is 14.9 Å². The normalized spacial score (nSPS) is 12.2. The number of carbonyl (C=O) groups is 2. The maximum Gasteiger partial charge on any atom is 0.375 e. The van der Waals surface area contributed by atoms with E-state index in [2.05, 4.69) is 10.5 Å². The number of carboxylic acids is 1. The Balaban J connectivity index is 2.39. The largest absolute Gasteiger partial charge is 0.475 e. The van der Waals surface area contributed by atoms with Crippen LogP contribution in [0.2, 0.25) is 5.02 Å². The maximum atomic E-state index is 12.0. The molecule has 2 aromatic rings. The number of rotatable bonds is 6. The predicted octanol–water partition coefficient (Wildman–Crippen LogP) is 3.92. The van der Waals surface area contributed by atoms with Crippen LogP contribution in [0.25, 0.3) is 11.3 Å². The van der Waals surface area contributed by atoms with Crippen LogP contribution in [0.15, 0.2) is 28.8 Å². The van der Waals surface area contributed by atoms with E-state index in [1.165, 1.54) is 0 Å². The lowest BCUT2D eigenvalue weighted by molar-refractivity contribution is -0.122. The molecule has 6 nitrogen and oxygen atoms in total. The van der Waals surface area contributed by atoms with Crippen molar-refractivity contribution in [3.05, 3.63) is 40.6 Å². The molecule has 2 N–H and O–H groups in total. The number of halogens is 1. The van der Waals surface area contributed by atoms with E-state index in [0.29, 0.717) is 28.3 Å². The Kier molecular flexibility index (Phi) is 5.62. The monoisotopic (exact) mass is 350 g/mol. The molecule has 1 aromatic carbocycles. The highest BCUT2D eigenvalue weighted by molar-refractivity contribution is 6.30. The fourth-order valence-electron chi connectivity index (χ4n) is 2.41. The summed E-state index contributed by atoms with van der Waals surface area (Å²) in [5, 5.41) is 16.6. The van der Waals surface area contributed by atoms with Gasteiger partial charge in [0.1, 0.15) is 5.69 Å². The highest BCUT2D eigenvalue weighted by Gasteiger charge is 2.27. The van der Waals surface area contributed by atoms with Crippen molar-refractivity contribution in [1.82, 2.24) is 10.5 Å². The third-order valence-electron chi connectivity index (χ3n) is 3.44. The van der Waals surface area contributed by atoms with Gasteiger partial charge in [0.25, 0.3) is 0 Å². The molecule has 1 amide bonds. The number of aromatic carboxylic acids is 1. The summed E-state index contributed by atoms with van der Waals surface area (Å²) in [7, 11) is 0. The topological polar surface area (TPSA) is 92.4 Å². The summed E-state index contributed by atoms with van der Waals surface area (Å²) < 4.78 is 4.99. The quantitative estimate of drug-likeness (QED) is 0.823. The van der Waals surface area contributed by atoms with Crippen molar-refractivity contribution in [2.24, 2.45) is 5.92 Å². The van der Waals surface area contributed by atoms with E-state index in [4.69, 9.17) is 16.1 Å². The van der Waals surface area contributed by atoms with Crippen molar-refractivity contribution < 1.29 is 19.2 Å². The molecule has 0 bridgehead atoms. The van der Waals surface area contributed by atoms with E-state index in [1.807, 2.05) is 13.8 Å². The Hall–Kier alpha value is -2.34. The molecule has 0 saturated carbocycles. The van der Waals surface area contributed by atoms with E-state index in [1.54, 1.807) is 31.2 Å². The molecule has 0 aliphatic heterocycles. The van der Waals surface area contributed by atoms with Crippen LogP contribution in [0.4, 0.5) is 0 Å². The summed E-state index contributed by atoms with van der Waals surface area (Å²) in [5.74, 6) is -1.47. The standard InChI is InChI=1S/C17H19ClN2O4/c1-9(2)8-13(21)19-10(3)14-15(20-24-16(14)17(22)23)11-4-6-12(18)7-5-11/h4-7,9-10H,8H2,1-3H3,(H,19,21)(H,22,23)/t10-/m1/s1. The molecular weight excluding hydrogens is 332 g/mol. The zero-order valence-corrected chi connectivity index (χ0v) is 14.4. The lowest BCUT2D eigenvalue weighted by Crippen LogP contribution is -2.28. The average molecular weight is 351 g/mol. The lowest BCUT2D eigenvalue weighted by atomic mass is 10.00. The van der Waals surface area contributed by atoms with Crippen LogP contribution in [0.5, 0.6) is 0 Å². The molecule has 7 heteroatoms. The smallest absolute Gasteiger partial charge is 0.375 e. The van der Waals surface area contributed by atoms with Crippen LogP contribution in [-0.2, 0) is 4.79 Å². The van der Waals surface area contributed by atoms with Crippen LogP contribution < -0.4 is 5.32 Å². The molecule has 1 atom stereocenters. The Morgan fingerprint density at radius 2 is 1.88 bits per heavy atom. The van der Waals surface area contributed by atoms with Gasteiger partial charge in [-0.05, 0) is 25.0 Å². The minimum absolute atomic E-state index is 0.155. The number of hydrogen-bond donors (Lipinski definition) is 2. The van der Waals surface area contributed by atoms with Gasteiger partial charge in [-0.1, -0.05) is 42.7 Å². The molecule has 0 saturated heterocycles. The van der Waals surface area contributed by atoms with Gasteiger partial charge in [0.05, 0.1) is 11.6 Å². The number of nitrogens with one attached hydrogen (secondary N) is 1. The highest BCUT2D eigenvalue weighted by atomic mass is 35.5. The zero-order valence-electron chi connectivity index (χ0n) is 13.7. The van der Waals surface area contributed by atoms with Crippen LogP contribution in [0.1, 0.15) is 49.4 Å². The van der Waals surface area contributed by atoms with Crippen molar-refractivity contribution >= 4 is 23.5 Å². The van der Waals surface area contributed by atoms with E-state index in [9.17, 15) is 14.7 Å². The third-order valence-corrected chi connectivity index (χ3v) is 3.70. The molecule has 0 aliphatic rings. The van der Waals surface area contributed by atoms with E-state index < -0.39 is 12.0 Å². The Morgan fingerprint density at radius 1 is 1.25 bits per heavy atom. The van der Waals surface area contributed by atoms with Crippen LogP contribution in [-0.4, -0.2) is 22.1 Å². The number of nitrogens with zero attached hydrogens (tertiary/aromatic N) is 1. The first-order valence-electron chi connectivity index (χ1n) is 7.57. The van der Waals surface area contributed by atoms with Crippen LogP contribution >= 0.6 is 11.6 Å². The first-order chi connectivity index (χ1) is 11.3. The second kappa shape index (κ2) is 7.49. The number of benzene rings is 1. The van der Waals surface area contributed by atoms with Crippen molar-refractivity contribution in [2.45, 2.75) is 33.2 Å². The summed E-state index contributed by atoms with van der Waals surface area (Å²) in [6, 6.07) is 6.24.